The van der Waals surface area contributed by atoms with Gasteiger partial charge in [0.05, 0.1) is 59.4 Å². The molecule has 0 aliphatic carbocycles. The zero-order valence-electron chi connectivity index (χ0n) is 23.4. The molecular formula is C28H59NO7. The number of aliphatic hydroxyl groups is 3. The highest BCUT2D eigenvalue weighted by atomic mass is 16.8. The molecule has 0 radical (unpaired) electrons. The Labute approximate surface area is 221 Å². The first-order chi connectivity index (χ1) is 17.7. The van der Waals surface area contributed by atoms with Crippen molar-refractivity contribution in [2.24, 2.45) is 0 Å². The molecule has 0 bridgehead atoms. The van der Waals surface area contributed by atoms with Crippen LogP contribution in [0.4, 0.5) is 0 Å². The Balaban J connectivity index is 3.65. The van der Waals surface area contributed by atoms with Gasteiger partial charge in [0.25, 0.3) is 5.97 Å². The first kappa shape index (κ1) is 35.7. The standard InChI is InChI=1S/C28H59NO7/c1-2-3-4-5-6-7-8-9-10-11-12-13-14-15-16-17-18-29-27-28(32,35-25-23-33-21-19-30)36-26-24-34-22-20-31/h29-32H,2-27H2,1H3. The van der Waals surface area contributed by atoms with Crippen LogP contribution in [0, 0.1) is 0 Å². The lowest BCUT2D eigenvalue weighted by Crippen LogP contribution is -2.47. The van der Waals surface area contributed by atoms with Crippen LogP contribution in [0.5, 0.6) is 0 Å². The van der Waals surface area contributed by atoms with Gasteiger partial charge in [-0.3, -0.25) is 0 Å². The van der Waals surface area contributed by atoms with Crippen LogP contribution in [0.3, 0.4) is 0 Å². The zero-order valence-corrected chi connectivity index (χ0v) is 23.4. The van der Waals surface area contributed by atoms with Crippen LogP contribution >= 0.6 is 0 Å². The van der Waals surface area contributed by atoms with Gasteiger partial charge in [0, 0.05) is 0 Å². The van der Waals surface area contributed by atoms with Gasteiger partial charge in [-0.2, -0.15) is 0 Å². The number of aliphatic hydroxyl groups excluding tert-OH is 2. The second-order valence-corrected chi connectivity index (χ2v) is 9.56. The molecule has 36 heavy (non-hydrogen) atoms. The van der Waals surface area contributed by atoms with Crippen molar-refractivity contribution in [3.05, 3.63) is 0 Å². The fraction of sp³-hybridized carbons (Fsp3) is 1.00. The number of nitrogens with one attached hydrogen (secondary N) is 1. The van der Waals surface area contributed by atoms with Crippen LogP contribution in [0.1, 0.15) is 110 Å². The van der Waals surface area contributed by atoms with Crippen LogP contribution in [-0.4, -0.2) is 87.2 Å². The summed E-state index contributed by atoms with van der Waals surface area (Å²) in [4.78, 5) is 0. The van der Waals surface area contributed by atoms with Crippen molar-refractivity contribution >= 4 is 0 Å². The van der Waals surface area contributed by atoms with Gasteiger partial charge in [-0.15, -0.1) is 0 Å². The van der Waals surface area contributed by atoms with E-state index in [0.717, 1.165) is 13.0 Å². The lowest BCUT2D eigenvalue weighted by molar-refractivity contribution is -0.359. The maximum Gasteiger partial charge on any atom is 0.293 e. The van der Waals surface area contributed by atoms with E-state index < -0.39 is 5.97 Å². The molecule has 0 aromatic heterocycles. The third-order valence-electron chi connectivity index (χ3n) is 6.14. The monoisotopic (exact) mass is 521 g/mol. The molecule has 0 saturated heterocycles. The van der Waals surface area contributed by atoms with E-state index in [4.69, 9.17) is 29.2 Å². The molecular weight excluding hydrogens is 462 g/mol. The van der Waals surface area contributed by atoms with Crippen LogP contribution < -0.4 is 5.32 Å². The summed E-state index contributed by atoms with van der Waals surface area (Å²) in [5, 5.41) is 31.4. The van der Waals surface area contributed by atoms with Crippen molar-refractivity contribution < 1.29 is 34.3 Å². The Morgan fingerprint density at radius 3 is 1.31 bits per heavy atom. The van der Waals surface area contributed by atoms with E-state index in [2.05, 4.69) is 12.2 Å². The number of unbranched alkanes of at least 4 members (excludes halogenated alkanes) is 15. The molecule has 0 aromatic rings. The van der Waals surface area contributed by atoms with Crippen LogP contribution in [0.15, 0.2) is 0 Å². The summed E-state index contributed by atoms with van der Waals surface area (Å²) in [6, 6.07) is 0. The van der Waals surface area contributed by atoms with E-state index in [1.807, 2.05) is 0 Å². The van der Waals surface area contributed by atoms with E-state index in [1.165, 1.54) is 96.3 Å². The van der Waals surface area contributed by atoms with Crippen molar-refractivity contribution in [2.75, 3.05) is 65.9 Å². The predicted octanol–water partition coefficient (Wildman–Crippen LogP) is 4.53. The Morgan fingerprint density at radius 1 is 0.528 bits per heavy atom. The molecule has 8 nitrogen and oxygen atoms in total. The highest BCUT2D eigenvalue weighted by Crippen LogP contribution is 2.14. The minimum Gasteiger partial charge on any atom is -0.394 e. The zero-order chi connectivity index (χ0) is 26.4. The van der Waals surface area contributed by atoms with Gasteiger partial charge in [0.1, 0.15) is 0 Å². The third kappa shape index (κ3) is 26.7. The molecule has 0 aliphatic heterocycles. The fourth-order valence-corrected chi connectivity index (χ4v) is 4.04. The maximum atomic E-state index is 10.6. The Bertz CT molecular complexity index is 401. The molecule has 0 unspecified atom stereocenters. The summed E-state index contributed by atoms with van der Waals surface area (Å²) in [6.07, 6.45) is 21.5. The molecule has 0 fully saturated rings. The van der Waals surface area contributed by atoms with Gasteiger partial charge in [-0.1, -0.05) is 103 Å². The summed E-state index contributed by atoms with van der Waals surface area (Å²) in [6.45, 7) is 4.37. The smallest absolute Gasteiger partial charge is 0.293 e. The maximum absolute atomic E-state index is 10.6. The average molecular weight is 522 g/mol. The van der Waals surface area contributed by atoms with Gasteiger partial charge < -0.3 is 39.6 Å². The van der Waals surface area contributed by atoms with Gasteiger partial charge in [-0.05, 0) is 13.0 Å². The van der Waals surface area contributed by atoms with Gasteiger partial charge >= 0.3 is 0 Å². The van der Waals surface area contributed by atoms with Crippen molar-refractivity contribution in [2.45, 2.75) is 116 Å². The Kier molecular flexibility index (Phi) is 29.0. The number of hydrogen-bond donors (Lipinski definition) is 4. The second-order valence-electron chi connectivity index (χ2n) is 9.56. The molecule has 218 valence electrons. The summed E-state index contributed by atoms with van der Waals surface area (Å²) in [5.74, 6) is -1.76. The summed E-state index contributed by atoms with van der Waals surface area (Å²) in [7, 11) is 0. The third-order valence-corrected chi connectivity index (χ3v) is 6.14. The molecule has 0 heterocycles. The molecule has 0 atom stereocenters. The highest BCUT2D eigenvalue weighted by Gasteiger charge is 2.28. The molecule has 0 rings (SSSR count). The van der Waals surface area contributed by atoms with Crippen LogP contribution in [-0.2, 0) is 18.9 Å². The number of ether oxygens (including phenoxy) is 4. The second kappa shape index (κ2) is 29.2. The summed E-state index contributed by atoms with van der Waals surface area (Å²) in [5.41, 5.74) is 0. The van der Waals surface area contributed by atoms with Gasteiger partial charge in [0.15, 0.2) is 0 Å². The molecule has 0 spiro atoms. The number of rotatable bonds is 31. The lowest BCUT2D eigenvalue weighted by Gasteiger charge is -2.28. The van der Waals surface area contributed by atoms with Crippen molar-refractivity contribution in [1.82, 2.24) is 5.32 Å². The predicted molar refractivity (Wildman–Crippen MR) is 145 cm³/mol. The Hall–Kier alpha value is -0.320. The normalized spacial score (nSPS) is 12.0. The summed E-state index contributed by atoms with van der Waals surface area (Å²) >= 11 is 0. The first-order valence-electron chi connectivity index (χ1n) is 14.8. The van der Waals surface area contributed by atoms with E-state index in [-0.39, 0.29) is 59.4 Å². The molecule has 4 N–H and O–H groups in total. The number of hydrogen-bond acceptors (Lipinski definition) is 8. The molecule has 8 heteroatoms. The minimum atomic E-state index is -1.76. The largest absolute Gasteiger partial charge is 0.394 e. The Morgan fingerprint density at radius 2 is 0.917 bits per heavy atom. The average Bonchev–Trinajstić information content (AvgIpc) is 2.88. The highest BCUT2D eigenvalue weighted by molar-refractivity contribution is 4.61. The van der Waals surface area contributed by atoms with Crippen LogP contribution in [0.25, 0.3) is 0 Å². The molecule has 0 saturated carbocycles. The molecule has 0 aliphatic rings. The van der Waals surface area contributed by atoms with Crippen molar-refractivity contribution in [1.29, 1.82) is 0 Å². The van der Waals surface area contributed by atoms with Gasteiger partial charge in [-0.25, -0.2) is 0 Å². The van der Waals surface area contributed by atoms with Crippen molar-refractivity contribution in [3.8, 4) is 0 Å². The van der Waals surface area contributed by atoms with Crippen molar-refractivity contribution in [3.63, 3.8) is 0 Å². The summed E-state index contributed by atoms with van der Waals surface area (Å²) < 4.78 is 21.3. The fourth-order valence-electron chi connectivity index (χ4n) is 4.04. The van der Waals surface area contributed by atoms with E-state index in [1.54, 1.807) is 0 Å². The van der Waals surface area contributed by atoms with E-state index >= 15 is 0 Å². The topological polar surface area (TPSA) is 110 Å². The quantitative estimate of drug-likeness (QED) is 0.0778. The van der Waals surface area contributed by atoms with E-state index in [9.17, 15) is 5.11 Å². The minimum absolute atomic E-state index is 0.0518. The molecule has 0 amide bonds. The first-order valence-corrected chi connectivity index (χ1v) is 14.8. The van der Waals surface area contributed by atoms with Crippen LogP contribution in [0.2, 0.25) is 0 Å². The lowest BCUT2D eigenvalue weighted by atomic mass is 10.0. The van der Waals surface area contributed by atoms with Gasteiger partial charge in [0.2, 0.25) is 0 Å². The van der Waals surface area contributed by atoms with E-state index in [0.29, 0.717) is 0 Å². The SMILES string of the molecule is CCCCCCCCCCCCCCCCCCNCC(O)(OCCOCCO)OCCOCCO. The molecule has 0 aromatic carbocycles.